The van der Waals surface area contributed by atoms with Gasteiger partial charge < -0.3 is 10.6 Å². The number of hydrogen-bond donors (Lipinski definition) is 1. The molecule has 0 saturated heterocycles. The van der Waals surface area contributed by atoms with E-state index >= 15 is 0 Å². The predicted molar refractivity (Wildman–Crippen MR) is 77.0 cm³/mol. The summed E-state index contributed by atoms with van der Waals surface area (Å²) >= 11 is 0. The summed E-state index contributed by atoms with van der Waals surface area (Å²) in [5.74, 6) is 0.509. The van der Waals surface area contributed by atoms with Gasteiger partial charge in [-0.3, -0.25) is 4.79 Å². The van der Waals surface area contributed by atoms with Crippen molar-refractivity contribution >= 4 is 11.7 Å². The molecule has 0 aromatic carbocycles. The molecule has 0 aliphatic heterocycles. The number of carbonyl (C=O) groups is 1. The van der Waals surface area contributed by atoms with E-state index < -0.39 is 0 Å². The van der Waals surface area contributed by atoms with Gasteiger partial charge in [0, 0.05) is 23.8 Å². The number of anilines is 1. The second-order valence-corrected chi connectivity index (χ2v) is 5.31. The molecule has 19 heavy (non-hydrogen) atoms. The third kappa shape index (κ3) is 3.25. The van der Waals surface area contributed by atoms with Gasteiger partial charge in [-0.05, 0) is 38.8 Å². The molecular formula is C15H23N3O. The maximum Gasteiger partial charge on any atom is 0.254 e. The lowest BCUT2D eigenvalue weighted by molar-refractivity contribution is 0.0648. The molecule has 0 radical (unpaired) electrons. The number of carbonyl (C=O) groups excluding carboxylic acids is 1. The fourth-order valence-corrected chi connectivity index (χ4v) is 2.94. The van der Waals surface area contributed by atoms with Crippen molar-refractivity contribution in [1.29, 1.82) is 0 Å². The number of amides is 1. The van der Waals surface area contributed by atoms with Crippen LogP contribution in [0.4, 0.5) is 5.82 Å². The van der Waals surface area contributed by atoms with E-state index in [1.807, 2.05) is 24.8 Å². The largest absolute Gasteiger partial charge is 0.384 e. The Morgan fingerprint density at radius 2 is 2.05 bits per heavy atom. The van der Waals surface area contributed by atoms with Crippen LogP contribution in [0.2, 0.25) is 0 Å². The summed E-state index contributed by atoms with van der Waals surface area (Å²) in [6.45, 7) is 4.67. The number of aromatic nitrogens is 1. The van der Waals surface area contributed by atoms with Crippen molar-refractivity contribution < 1.29 is 4.79 Å². The normalized spacial score (nSPS) is 16.3. The first kappa shape index (κ1) is 13.8. The van der Waals surface area contributed by atoms with E-state index in [2.05, 4.69) is 4.98 Å². The Hall–Kier alpha value is -1.58. The fraction of sp³-hybridized carbons (Fsp3) is 0.600. The summed E-state index contributed by atoms with van der Waals surface area (Å²) in [5.41, 5.74) is 7.19. The number of nitrogens with zero attached hydrogens (tertiary/aromatic N) is 2. The molecule has 1 saturated carbocycles. The van der Waals surface area contributed by atoms with Crippen molar-refractivity contribution in [3.63, 3.8) is 0 Å². The van der Waals surface area contributed by atoms with Gasteiger partial charge >= 0.3 is 0 Å². The minimum Gasteiger partial charge on any atom is -0.384 e. The highest BCUT2D eigenvalue weighted by atomic mass is 16.2. The van der Waals surface area contributed by atoms with Crippen LogP contribution in [-0.4, -0.2) is 28.4 Å². The summed E-state index contributed by atoms with van der Waals surface area (Å²) < 4.78 is 0. The number of hydrogen-bond acceptors (Lipinski definition) is 3. The molecule has 1 fully saturated rings. The van der Waals surface area contributed by atoms with Gasteiger partial charge in [0.05, 0.1) is 0 Å². The van der Waals surface area contributed by atoms with Crippen LogP contribution in [0.1, 0.15) is 55.1 Å². The third-order valence-corrected chi connectivity index (χ3v) is 3.84. The van der Waals surface area contributed by atoms with Crippen molar-refractivity contribution in [3.05, 3.63) is 23.4 Å². The molecule has 0 atom stereocenters. The summed E-state index contributed by atoms with van der Waals surface area (Å²) in [7, 11) is 0. The van der Waals surface area contributed by atoms with Gasteiger partial charge in [-0.15, -0.1) is 0 Å². The Bertz CT molecular complexity index is 432. The lowest BCUT2D eigenvalue weighted by Gasteiger charge is -2.33. The Morgan fingerprint density at radius 3 is 2.63 bits per heavy atom. The monoisotopic (exact) mass is 261 g/mol. The second-order valence-electron chi connectivity index (χ2n) is 5.31. The minimum atomic E-state index is 0.0894. The van der Waals surface area contributed by atoms with Crippen LogP contribution in [0.25, 0.3) is 0 Å². The highest BCUT2D eigenvalue weighted by molar-refractivity contribution is 5.95. The fourth-order valence-electron chi connectivity index (χ4n) is 2.94. The second kappa shape index (κ2) is 6.04. The Labute approximate surface area is 115 Å². The van der Waals surface area contributed by atoms with Crippen LogP contribution in [0.5, 0.6) is 0 Å². The minimum absolute atomic E-state index is 0.0894. The van der Waals surface area contributed by atoms with E-state index in [4.69, 9.17) is 5.73 Å². The smallest absolute Gasteiger partial charge is 0.254 e. The summed E-state index contributed by atoms with van der Waals surface area (Å²) in [6, 6.07) is 3.89. The molecule has 1 aromatic heterocycles. The summed E-state index contributed by atoms with van der Waals surface area (Å²) in [4.78, 5) is 18.7. The molecular weight excluding hydrogens is 238 g/mol. The van der Waals surface area contributed by atoms with Crippen molar-refractivity contribution in [2.24, 2.45) is 0 Å². The van der Waals surface area contributed by atoms with Crippen LogP contribution in [0.15, 0.2) is 12.1 Å². The lowest BCUT2D eigenvalue weighted by Crippen LogP contribution is -2.41. The van der Waals surface area contributed by atoms with E-state index in [-0.39, 0.29) is 5.91 Å². The lowest BCUT2D eigenvalue weighted by atomic mass is 9.93. The van der Waals surface area contributed by atoms with Crippen LogP contribution < -0.4 is 5.73 Å². The highest BCUT2D eigenvalue weighted by Crippen LogP contribution is 2.24. The molecule has 4 heteroatoms. The van der Waals surface area contributed by atoms with Crippen molar-refractivity contribution in [3.8, 4) is 0 Å². The van der Waals surface area contributed by atoms with Gasteiger partial charge in [-0.25, -0.2) is 4.98 Å². The van der Waals surface area contributed by atoms with Crippen LogP contribution in [0, 0.1) is 6.92 Å². The molecule has 0 unspecified atom stereocenters. The van der Waals surface area contributed by atoms with Gasteiger partial charge in [-0.2, -0.15) is 0 Å². The average Bonchev–Trinajstić information content (AvgIpc) is 2.39. The highest BCUT2D eigenvalue weighted by Gasteiger charge is 2.25. The third-order valence-electron chi connectivity index (χ3n) is 3.84. The van der Waals surface area contributed by atoms with Crippen molar-refractivity contribution in [1.82, 2.24) is 9.88 Å². The van der Waals surface area contributed by atoms with E-state index in [0.29, 0.717) is 17.4 Å². The predicted octanol–water partition coefficient (Wildman–Crippen LogP) is 2.77. The molecule has 104 valence electrons. The molecule has 1 aliphatic carbocycles. The molecule has 2 N–H and O–H groups in total. The maximum atomic E-state index is 12.6. The number of pyridine rings is 1. The first-order valence-corrected chi connectivity index (χ1v) is 7.17. The van der Waals surface area contributed by atoms with Gasteiger partial charge in [0.15, 0.2) is 0 Å². The topological polar surface area (TPSA) is 59.2 Å². The Morgan fingerprint density at radius 1 is 1.37 bits per heavy atom. The number of rotatable bonds is 3. The summed E-state index contributed by atoms with van der Waals surface area (Å²) in [6.07, 6.45) is 6.00. The molecule has 0 spiro atoms. The average molecular weight is 261 g/mol. The molecule has 4 nitrogen and oxygen atoms in total. The molecule has 1 amide bonds. The van der Waals surface area contributed by atoms with Crippen LogP contribution in [0.3, 0.4) is 0 Å². The summed E-state index contributed by atoms with van der Waals surface area (Å²) in [5, 5.41) is 0. The van der Waals surface area contributed by atoms with E-state index in [1.165, 1.54) is 19.3 Å². The molecule has 1 heterocycles. The van der Waals surface area contributed by atoms with E-state index in [1.54, 1.807) is 6.07 Å². The van der Waals surface area contributed by atoms with Gasteiger partial charge in [-0.1, -0.05) is 19.3 Å². The zero-order chi connectivity index (χ0) is 13.8. The Kier molecular flexibility index (Phi) is 4.40. The molecule has 2 rings (SSSR count). The maximum absolute atomic E-state index is 12.6. The van der Waals surface area contributed by atoms with Gasteiger partial charge in [0.25, 0.3) is 5.91 Å². The van der Waals surface area contributed by atoms with Crippen molar-refractivity contribution in [2.45, 2.75) is 52.0 Å². The number of nitrogens with two attached hydrogens (primary N) is 1. The van der Waals surface area contributed by atoms with E-state index in [0.717, 1.165) is 25.1 Å². The van der Waals surface area contributed by atoms with Crippen LogP contribution >= 0.6 is 0 Å². The molecule has 1 aromatic rings. The zero-order valence-electron chi connectivity index (χ0n) is 11.9. The quantitative estimate of drug-likeness (QED) is 0.910. The van der Waals surface area contributed by atoms with Gasteiger partial charge in [0.1, 0.15) is 5.82 Å². The Balaban J connectivity index is 2.19. The zero-order valence-corrected chi connectivity index (χ0v) is 11.9. The first-order valence-electron chi connectivity index (χ1n) is 7.17. The van der Waals surface area contributed by atoms with Crippen molar-refractivity contribution in [2.75, 3.05) is 12.3 Å². The standard InChI is InChI=1S/C15H23N3O/c1-3-18(13-7-5-4-6-8-13)15(19)12-9-11(2)17-14(16)10-12/h9-10,13H,3-8H2,1-2H3,(H2,16,17). The SMILES string of the molecule is CCN(C(=O)c1cc(C)nc(N)c1)C1CCCCC1. The first-order chi connectivity index (χ1) is 9.11. The van der Waals surface area contributed by atoms with Crippen LogP contribution in [-0.2, 0) is 0 Å². The molecule has 0 bridgehead atoms. The number of aryl methyl sites for hydroxylation is 1. The number of nitrogen functional groups attached to an aromatic ring is 1. The molecule has 1 aliphatic rings. The van der Waals surface area contributed by atoms with Gasteiger partial charge in [0.2, 0.25) is 0 Å². The van der Waals surface area contributed by atoms with E-state index in [9.17, 15) is 4.79 Å².